The molecule has 1 N–H and O–H groups in total. The van der Waals surface area contributed by atoms with Gasteiger partial charge in [-0.2, -0.15) is 0 Å². The fourth-order valence-electron chi connectivity index (χ4n) is 3.43. The van der Waals surface area contributed by atoms with Crippen LogP contribution in [0.15, 0.2) is 78.9 Å². The zero-order valence-electron chi connectivity index (χ0n) is 14.2. The third-order valence-electron chi connectivity index (χ3n) is 4.68. The van der Waals surface area contributed by atoms with Crippen LogP contribution in [0.2, 0.25) is 0 Å². The number of hydrogen-bond donors (Lipinski definition) is 1. The number of phenolic OH excluding ortho intramolecular Hbond substituents is 1. The van der Waals surface area contributed by atoms with Gasteiger partial charge in [-0.15, -0.1) is 0 Å². The summed E-state index contributed by atoms with van der Waals surface area (Å²) in [6, 6.07) is 27.0. The number of aryl methyl sites for hydroxylation is 1. The van der Waals surface area contributed by atoms with Gasteiger partial charge in [0.2, 0.25) is 0 Å². The van der Waals surface area contributed by atoms with E-state index in [1.807, 2.05) is 18.2 Å². The van der Waals surface area contributed by atoms with E-state index in [9.17, 15) is 5.11 Å². The average Bonchev–Trinajstić information content (AvgIpc) is 2.63. The van der Waals surface area contributed by atoms with Gasteiger partial charge >= 0.3 is 0 Å². The lowest BCUT2D eigenvalue weighted by molar-refractivity contribution is 0.466. The minimum absolute atomic E-state index is 0.323. The Morgan fingerprint density at radius 2 is 1.42 bits per heavy atom. The molecule has 3 rings (SSSR count). The average molecular weight is 316 g/mol. The maximum atomic E-state index is 10.5. The van der Waals surface area contributed by atoms with Crippen molar-refractivity contribution in [3.8, 4) is 5.75 Å². The van der Waals surface area contributed by atoms with Gasteiger partial charge in [0.05, 0.1) is 0 Å². The second-order valence-electron chi connectivity index (χ2n) is 6.20. The zero-order chi connectivity index (χ0) is 16.8. The third-order valence-corrected chi connectivity index (χ3v) is 4.68. The number of benzene rings is 3. The van der Waals surface area contributed by atoms with Gasteiger partial charge in [-0.05, 0) is 47.6 Å². The molecule has 0 bridgehead atoms. The van der Waals surface area contributed by atoms with Crippen molar-refractivity contribution in [1.29, 1.82) is 0 Å². The van der Waals surface area contributed by atoms with Gasteiger partial charge in [0.15, 0.2) is 0 Å². The van der Waals surface area contributed by atoms with Crippen molar-refractivity contribution in [2.45, 2.75) is 32.1 Å². The minimum atomic E-state index is 0.323. The van der Waals surface area contributed by atoms with Crippen molar-refractivity contribution in [3.05, 3.63) is 101 Å². The normalized spacial score (nSPS) is 12.0. The summed E-state index contributed by atoms with van der Waals surface area (Å²) in [5, 5.41) is 10.5. The molecule has 0 saturated carbocycles. The molecule has 0 radical (unpaired) electrons. The second-order valence-corrected chi connectivity index (χ2v) is 6.20. The molecule has 122 valence electrons. The molecule has 24 heavy (non-hydrogen) atoms. The van der Waals surface area contributed by atoms with E-state index in [2.05, 4.69) is 67.6 Å². The smallest absolute Gasteiger partial charge is 0.119 e. The van der Waals surface area contributed by atoms with E-state index in [4.69, 9.17) is 0 Å². The van der Waals surface area contributed by atoms with E-state index in [0.717, 1.165) is 24.8 Å². The van der Waals surface area contributed by atoms with Crippen LogP contribution in [-0.2, 0) is 12.8 Å². The molecule has 0 aliphatic carbocycles. The molecule has 0 fully saturated rings. The second kappa shape index (κ2) is 7.83. The molecule has 1 unspecified atom stereocenters. The number of hydrogen-bond acceptors (Lipinski definition) is 1. The molecule has 1 atom stereocenters. The van der Waals surface area contributed by atoms with Crippen molar-refractivity contribution in [1.82, 2.24) is 0 Å². The van der Waals surface area contributed by atoms with Crippen molar-refractivity contribution >= 4 is 0 Å². The van der Waals surface area contributed by atoms with E-state index < -0.39 is 0 Å². The van der Waals surface area contributed by atoms with Crippen LogP contribution >= 0.6 is 0 Å². The molecular formula is C23H24O. The van der Waals surface area contributed by atoms with Crippen LogP contribution in [0.25, 0.3) is 0 Å². The highest BCUT2D eigenvalue weighted by Crippen LogP contribution is 2.34. The Kier molecular flexibility index (Phi) is 5.32. The van der Waals surface area contributed by atoms with Crippen LogP contribution in [0.1, 0.15) is 41.5 Å². The van der Waals surface area contributed by atoms with E-state index in [1.165, 1.54) is 16.7 Å². The van der Waals surface area contributed by atoms with Gasteiger partial charge in [-0.3, -0.25) is 0 Å². The first-order chi connectivity index (χ1) is 11.8. The number of rotatable bonds is 6. The van der Waals surface area contributed by atoms with Gasteiger partial charge in [-0.25, -0.2) is 0 Å². The molecule has 3 aromatic rings. The van der Waals surface area contributed by atoms with Crippen LogP contribution < -0.4 is 0 Å². The van der Waals surface area contributed by atoms with Gasteiger partial charge in [0.25, 0.3) is 0 Å². The van der Waals surface area contributed by atoms with Crippen LogP contribution in [0.3, 0.4) is 0 Å². The van der Waals surface area contributed by atoms with E-state index in [1.54, 1.807) is 0 Å². The third kappa shape index (κ3) is 3.68. The molecule has 0 aliphatic rings. The molecule has 3 aromatic carbocycles. The van der Waals surface area contributed by atoms with Crippen molar-refractivity contribution in [3.63, 3.8) is 0 Å². The zero-order valence-corrected chi connectivity index (χ0v) is 14.2. The first kappa shape index (κ1) is 16.3. The SMILES string of the molecule is CCC(c1ccccc1)c1cccc(O)c1CCc1ccccc1. The largest absolute Gasteiger partial charge is 0.508 e. The Bertz CT molecular complexity index is 763. The fourth-order valence-corrected chi connectivity index (χ4v) is 3.43. The lowest BCUT2D eigenvalue weighted by atomic mass is 9.84. The summed E-state index contributed by atoms with van der Waals surface area (Å²) in [7, 11) is 0. The maximum absolute atomic E-state index is 10.5. The summed E-state index contributed by atoms with van der Waals surface area (Å²) in [5.41, 5.74) is 4.95. The van der Waals surface area contributed by atoms with Crippen molar-refractivity contribution in [2.24, 2.45) is 0 Å². The topological polar surface area (TPSA) is 20.2 Å². The molecule has 1 nitrogen and oxygen atoms in total. The molecule has 1 heteroatoms. The number of phenols is 1. The predicted octanol–water partition coefficient (Wildman–Crippen LogP) is 5.72. The highest BCUT2D eigenvalue weighted by Gasteiger charge is 2.17. The first-order valence-electron chi connectivity index (χ1n) is 8.69. The Morgan fingerprint density at radius 1 is 0.750 bits per heavy atom. The Hall–Kier alpha value is -2.54. The van der Waals surface area contributed by atoms with Gasteiger partial charge < -0.3 is 5.11 Å². The van der Waals surface area contributed by atoms with Crippen LogP contribution in [-0.4, -0.2) is 5.11 Å². The summed E-state index contributed by atoms with van der Waals surface area (Å²) in [4.78, 5) is 0. The van der Waals surface area contributed by atoms with Crippen LogP contribution in [0.4, 0.5) is 0 Å². The Labute approximate surface area is 144 Å². The van der Waals surface area contributed by atoms with Gasteiger partial charge in [-0.1, -0.05) is 79.7 Å². The van der Waals surface area contributed by atoms with E-state index in [0.29, 0.717) is 11.7 Å². The summed E-state index contributed by atoms with van der Waals surface area (Å²) >= 11 is 0. The maximum Gasteiger partial charge on any atom is 0.119 e. The van der Waals surface area contributed by atoms with E-state index >= 15 is 0 Å². The van der Waals surface area contributed by atoms with Crippen LogP contribution in [0.5, 0.6) is 5.75 Å². The number of aromatic hydroxyl groups is 1. The molecule has 0 aliphatic heterocycles. The minimum Gasteiger partial charge on any atom is -0.508 e. The van der Waals surface area contributed by atoms with Crippen molar-refractivity contribution in [2.75, 3.05) is 0 Å². The summed E-state index contributed by atoms with van der Waals surface area (Å²) < 4.78 is 0. The summed E-state index contributed by atoms with van der Waals surface area (Å²) in [5.74, 6) is 0.738. The standard InChI is InChI=1S/C23H24O/c1-2-20(19-12-7-4-8-13-19)21-14-9-15-23(24)22(21)17-16-18-10-5-3-6-11-18/h3-15,20,24H,2,16-17H2,1H3. The highest BCUT2D eigenvalue weighted by atomic mass is 16.3. The Morgan fingerprint density at radius 3 is 2.08 bits per heavy atom. The molecule has 0 amide bonds. The van der Waals surface area contributed by atoms with Crippen LogP contribution in [0, 0.1) is 0 Å². The molecule has 0 spiro atoms. The lowest BCUT2D eigenvalue weighted by Crippen LogP contribution is -2.05. The molecular weight excluding hydrogens is 292 g/mol. The first-order valence-corrected chi connectivity index (χ1v) is 8.69. The van der Waals surface area contributed by atoms with Gasteiger partial charge in [0.1, 0.15) is 5.75 Å². The Balaban J connectivity index is 1.92. The summed E-state index contributed by atoms with van der Waals surface area (Å²) in [6.07, 6.45) is 2.82. The molecule has 0 saturated heterocycles. The lowest BCUT2D eigenvalue weighted by Gasteiger charge is -2.21. The van der Waals surface area contributed by atoms with Gasteiger partial charge in [0, 0.05) is 5.92 Å². The monoisotopic (exact) mass is 316 g/mol. The molecule has 0 heterocycles. The predicted molar refractivity (Wildman–Crippen MR) is 101 cm³/mol. The van der Waals surface area contributed by atoms with E-state index in [-0.39, 0.29) is 0 Å². The summed E-state index contributed by atoms with van der Waals surface area (Å²) in [6.45, 7) is 2.21. The molecule has 0 aromatic heterocycles. The highest BCUT2D eigenvalue weighted by molar-refractivity contribution is 5.45. The van der Waals surface area contributed by atoms with Crippen molar-refractivity contribution < 1.29 is 5.11 Å². The quantitative estimate of drug-likeness (QED) is 0.616. The fraction of sp³-hybridized carbons (Fsp3) is 0.217.